The second-order valence-electron chi connectivity index (χ2n) is 5.14. The van der Waals surface area contributed by atoms with E-state index in [1.54, 1.807) is 13.0 Å². The van der Waals surface area contributed by atoms with E-state index in [4.69, 9.17) is 4.74 Å². The number of carbonyl (C=O) groups excluding carboxylic acids is 1. The van der Waals surface area contributed by atoms with Crippen LogP contribution in [0, 0.1) is 0 Å². The molecule has 1 aliphatic rings. The van der Waals surface area contributed by atoms with E-state index < -0.39 is 11.6 Å². The number of aromatic nitrogens is 2. The number of carboxylic acids is 1. The Hall–Kier alpha value is -2.54. The molecule has 0 bridgehead atoms. The minimum absolute atomic E-state index is 0.0174. The van der Waals surface area contributed by atoms with Crippen LogP contribution in [0.25, 0.3) is 11.0 Å². The van der Waals surface area contributed by atoms with Gasteiger partial charge in [-0.1, -0.05) is 12.1 Å². The molecule has 1 aromatic heterocycles. The van der Waals surface area contributed by atoms with Gasteiger partial charge in [0.15, 0.2) is 5.60 Å². The molecule has 0 radical (unpaired) electrons. The van der Waals surface area contributed by atoms with Gasteiger partial charge in [0, 0.05) is 6.61 Å². The van der Waals surface area contributed by atoms with Crippen LogP contribution in [-0.2, 0) is 9.53 Å². The Morgan fingerprint density at radius 1 is 1.32 bits per heavy atom. The van der Waals surface area contributed by atoms with E-state index in [1.807, 2.05) is 18.2 Å². The third-order valence-corrected chi connectivity index (χ3v) is 3.66. The molecule has 7 nitrogen and oxygen atoms in total. The number of carboxylic acid groups (broad SMARTS) is 1. The van der Waals surface area contributed by atoms with Crippen LogP contribution in [0.3, 0.4) is 0 Å². The first-order valence-corrected chi connectivity index (χ1v) is 6.94. The van der Waals surface area contributed by atoms with E-state index in [1.165, 1.54) is 11.1 Å². The van der Waals surface area contributed by atoms with Crippen molar-refractivity contribution >= 4 is 22.9 Å². The van der Waals surface area contributed by atoms with Crippen molar-refractivity contribution in [1.29, 1.82) is 0 Å². The normalized spacial score (nSPS) is 16.3. The highest BCUT2D eigenvalue weighted by Crippen LogP contribution is 2.27. The molecule has 0 spiro atoms. The minimum Gasteiger partial charge on any atom is -0.479 e. The molecule has 1 N–H and O–H groups in total. The summed E-state index contributed by atoms with van der Waals surface area (Å²) in [5.74, 6) is -1.39. The summed E-state index contributed by atoms with van der Waals surface area (Å²) in [5, 5.41) is 9.24. The quantitative estimate of drug-likeness (QED) is 0.903. The van der Waals surface area contributed by atoms with Gasteiger partial charge >= 0.3 is 5.97 Å². The fourth-order valence-electron chi connectivity index (χ4n) is 2.50. The summed E-state index contributed by atoms with van der Waals surface area (Å²) < 4.78 is 5.28. The summed E-state index contributed by atoms with van der Waals surface area (Å²) >= 11 is 0. The van der Waals surface area contributed by atoms with E-state index in [9.17, 15) is 14.7 Å². The zero-order valence-electron chi connectivity index (χ0n) is 12.0. The Kier molecular flexibility index (Phi) is 3.50. The lowest BCUT2D eigenvalue weighted by Crippen LogP contribution is -2.68. The maximum absolute atomic E-state index is 12.4. The predicted octanol–water partition coefficient (Wildman–Crippen LogP) is 0.945. The molecule has 114 valence electrons. The molecular weight excluding hydrogens is 286 g/mol. The number of rotatable bonds is 4. The molecule has 1 amide bonds. The molecule has 0 atom stereocenters. The van der Waals surface area contributed by atoms with Crippen LogP contribution in [0.2, 0.25) is 0 Å². The number of ether oxygens (including phenoxy) is 1. The molecule has 1 aromatic carbocycles. The van der Waals surface area contributed by atoms with Crippen LogP contribution in [0.15, 0.2) is 30.5 Å². The molecule has 1 aliphatic heterocycles. The van der Waals surface area contributed by atoms with E-state index in [-0.39, 0.29) is 31.3 Å². The summed E-state index contributed by atoms with van der Waals surface area (Å²) in [6, 6.07) is 7.25. The van der Waals surface area contributed by atoms with Crippen molar-refractivity contribution in [2.75, 3.05) is 19.7 Å². The monoisotopic (exact) mass is 301 g/mol. The fourth-order valence-corrected chi connectivity index (χ4v) is 2.50. The van der Waals surface area contributed by atoms with Gasteiger partial charge in [-0.2, -0.15) is 0 Å². The molecule has 2 heterocycles. The van der Waals surface area contributed by atoms with Gasteiger partial charge in [-0.25, -0.2) is 9.78 Å². The van der Waals surface area contributed by atoms with E-state index in [2.05, 4.69) is 9.97 Å². The van der Waals surface area contributed by atoms with Crippen LogP contribution < -0.4 is 0 Å². The Bertz CT molecular complexity index is 740. The highest BCUT2D eigenvalue weighted by molar-refractivity contribution is 5.96. The second kappa shape index (κ2) is 5.34. The summed E-state index contributed by atoms with van der Waals surface area (Å²) in [6.07, 6.45) is 1.41. The first-order valence-electron chi connectivity index (χ1n) is 6.94. The van der Waals surface area contributed by atoms with E-state index >= 15 is 0 Å². The largest absolute Gasteiger partial charge is 0.479 e. The number of para-hydroxylation sites is 2. The van der Waals surface area contributed by atoms with Crippen LogP contribution in [0.4, 0.5) is 0 Å². The number of nitrogens with zero attached hydrogens (tertiary/aromatic N) is 3. The van der Waals surface area contributed by atoms with Crippen molar-refractivity contribution < 1.29 is 19.4 Å². The van der Waals surface area contributed by atoms with Crippen LogP contribution in [-0.4, -0.2) is 57.1 Å². The Morgan fingerprint density at radius 2 is 2.00 bits per heavy atom. The van der Waals surface area contributed by atoms with Gasteiger partial charge in [-0.3, -0.25) is 9.78 Å². The first kappa shape index (κ1) is 14.4. The molecule has 1 fully saturated rings. The van der Waals surface area contributed by atoms with Crippen LogP contribution >= 0.6 is 0 Å². The number of likely N-dealkylation sites (tertiary alicyclic amines) is 1. The average Bonchev–Trinajstić information content (AvgIpc) is 2.49. The van der Waals surface area contributed by atoms with Gasteiger partial charge in [-0.05, 0) is 19.1 Å². The molecule has 7 heteroatoms. The Labute approximate surface area is 126 Å². The van der Waals surface area contributed by atoms with Crippen molar-refractivity contribution in [3.63, 3.8) is 0 Å². The molecular formula is C15H15N3O4. The molecule has 0 aliphatic carbocycles. The van der Waals surface area contributed by atoms with E-state index in [0.717, 1.165) is 0 Å². The van der Waals surface area contributed by atoms with Crippen LogP contribution in [0.1, 0.15) is 17.4 Å². The van der Waals surface area contributed by atoms with Crippen molar-refractivity contribution in [2.24, 2.45) is 0 Å². The first-order chi connectivity index (χ1) is 10.6. The smallest absolute Gasteiger partial charge is 0.339 e. The van der Waals surface area contributed by atoms with Crippen molar-refractivity contribution in [1.82, 2.24) is 14.9 Å². The lowest BCUT2D eigenvalue weighted by atomic mass is 9.93. The van der Waals surface area contributed by atoms with Gasteiger partial charge in [-0.15, -0.1) is 0 Å². The SMILES string of the molecule is CCOC1(C(=O)O)CN(C(=O)c2cnc3ccccc3n2)C1. The summed E-state index contributed by atoms with van der Waals surface area (Å²) in [4.78, 5) is 33.5. The van der Waals surface area contributed by atoms with Gasteiger partial charge in [0.2, 0.25) is 0 Å². The minimum atomic E-state index is -1.30. The number of benzene rings is 1. The van der Waals surface area contributed by atoms with Gasteiger partial charge in [0.25, 0.3) is 5.91 Å². The number of carbonyl (C=O) groups is 2. The molecule has 0 unspecified atom stereocenters. The number of aliphatic carboxylic acids is 1. The number of hydrogen-bond donors (Lipinski definition) is 1. The van der Waals surface area contributed by atoms with Crippen molar-refractivity contribution in [2.45, 2.75) is 12.5 Å². The van der Waals surface area contributed by atoms with Gasteiger partial charge in [0.05, 0.1) is 30.3 Å². The number of hydrogen-bond acceptors (Lipinski definition) is 5. The van der Waals surface area contributed by atoms with E-state index in [0.29, 0.717) is 11.0 Å². The maximum Gasteiger partial charge on any atom is 0.339 e. The molecule has 3 rings (SSSR count). The Balaban J connectivity index is 1.78. The molecule has 0 saturated carbocycles. The summed E-state index contributed by atoms with van der Waals surface area (Å²) in [7, 11) is 0. The number of amides is 1. The average molecular weight is 301 g/mol. The third kappa shape index (κ3) is 2.29. The standard InChI is InChI=1S/C15H15N3O4/c1-2-22-15(14(20)21)8-18(9-15)13(19)12-7-16-10-5-3-4-6-11(10)17-12/h3-7H,2,8-9H2,1H3,(H,20,21). The lowest BCUT2D eigenvalue weighted by molar-refractivity contribution is -0.184. The highest BCUT2D eigenvalue weighted by Gasteiger charge is 2.52. The molecule has 2 aromatic rings. The zero-order chi connectivity index (χ0) is 15.7. The maximum atomic E-state index is 12.4. The van der Waals surface area contributed by atoms with Gasteiger partial charge in [0.1, 0.15) is 5.69 Å². The zero-order valence-corrected chi connectivity index (χ0v) is 12.0. The third-order valence-electron chi connectivity index (χ3n) is 3.66. The second-order valence-corrected chi connectivity index (χ2v) is 5.14. The van der Waals surface area contributed by atoms with Crippen molar-refractivity contribution in [3.8, 4) is 0 Å². The summed E-state index contributed by atoms with van der Waals surface area (Å²) in [6.45, 7) is 2.04. The lowest BCUT2D eigenvalue weighted by Gasteiger charge is -2.46. The fraction of sp³-hybridized carbons (Fsp3) is 0.333. The van der Waals surface area contributed by atoms with Crippen LogP contribution in [0.5, 0.6) is 0 Å². The summed E-state index contributed by atoms with van der Waals surface area (Å²) in [5.41, 5.74) is 0.239. The highest BCUT2D eigenvalue weighted by atomic mass is 16.5. The molecule has 22 heavy (non-hydrogen) atoms. The number of fused-ring (bicyclic) bond motifs is 1. The van der Waals surface area contributed by atoms with Crippen molar-refractivity contribution in [3.05, 3.63) is 36.2 Å². The Morgan fingerprint density at radius 3 is 2.64 bits per heavy atom. The topological polar surface area (TPSA) is 92.6 Å². The van der Waals surface area contributed by atoms with Gasteiger partial charge < -0.3 is 14.7 Å². The molecule has 1 saturated heterocycles. The predicted molar refractivity (Wildman–Crippen MR) is 77.4 cm³/mol.